The molecule has 0 bridgehead atoms. The molecule has 1 unspecified atom stereocenters. The van der Waals surface area contributed by atoms with Crippen LogP contribution in [0, 0.1) is 14.9 Å². The van der Waals surface area contributed by atoms with Gasteiger partial charge >= 0.3 is 0 Å². The maximum Gasteiger partial charge on any atom is 0.0949 e. The first-order valence-corrected chi connectivity index (χ1v) is 7.04. The van der Waals surface area contributed by atoms with Gasteiger partial charge in [0, 0.05) is 22.6 Å². The predicted molar refractivity (Wildman–Crippen MR) is 79.1 cm³/mol. The topological polar surface area (TPSA) is 53.1 Å². The smallest absolute Gasteiger partial charge is 0.0949 e. The van der Waals surface area contributed by atoms with Crippen LogP contribution in [0.4, 0.5) is 0 Å². The molecule has 1 aliphatic heterocycles. The van der Waals surface area contributed by atoms with Gasteiger partial charge in [-0.15, -0.1) is 0 Å². The lowest BCUT2D eigenvalue weighted by Gasteiger charge is -2.32. The highest BCUT2D eigenvalue weighted by Gasteiger charge is 2.21. The van der Waals surface area contributed by atoms with E-state index in [4.69, 9.17) is 11.1 Å². The highest BCUT2D eigenvalue weighted by Crippen LogP contribution is 2.18. The van der Waals surface area contributed by atoms with Crippen molar-refractivity contribution in [2.75, 3.05) is 13.1 Å². The summed E-state index contributed by atoms with van der Waals surface area (Å²) in [5.41, 5.74) is 6.94. The Morgan fingerprint density at radius 3 is 2.76 bits per heavy atom. The van der Waals surface area contributed by atoms with E-state index < -0.39 is 0 Å². The van der Waals surface area contributed by atoms with Crippen LogP contribution >= 0.6 is 22.6 Å². The minimum absolute atomic E-state index is 0.257. The van der Waals surface area contributed by atoms with E-state index in [1.807, 2.05) is 0 Å². The normalized spacial score (nSPS) is 21.4. The fraction of sp³-hybridized carbons (Fsp3) is 0.462. The van der Waals surface area contributed by atoms with E-state index in [-0.39, 0.29) is 5.92 Å². The zero-order chi connectivity index (χ0) is 12.3. The molecule has 4 heteroatoms. The SMILES string of the molecule is N=C(N)C1CCCN(Cc2ccc(I)cc2)C1. The van der Waals surface area contributed by atoms with Crippen LogP contribution in [-0.4, -0.2) is 23.8 Å². The molecule has 0 amide bonds. The highest BCUT2D eigenvalue weighted by molar-refractivity contribution is 14.1. The molecule has 1 saturated heterocycles. The van der Waals surface area contributed by atoms with Gasteiger partial charge in [-0.25, -0.2) is 0 Å². The monoisotopic (exact) mass is 343 g/mol. The zero-order valence-corrected chi connectivity index (χ0v) is 12.0. The third kappa shape index (κ3) is 3.67. The van der Waals surface area contributed by atoms with E-state index in [2.05, 4.69) is 51.8 Å². The van der Waals surface area contributed by atoms with Crippen LogP contribution in [0.1, 0.15) is 18.4 Å². The quantitative estimate of drug-likeness (QED) is 0.503. The second-order valence-corrected chi connectivity index (χ2v) is 5.90. The lowest BCUT2D eigenvalue weighted by molar-refractivity contribution is 0.196. The van der Waals surface area contributed by atoms with Crippen molar-refractivity contribution in [2.45, 2.75) is 19.4 Å². The maximum atomic E-state index is 7.54. The molecule has 1 heterocycles. The lowest BCUT2D eigenvalue weighted by Crippen LogP contribution is -2.40. The number of nitrogens with one attached hydrogen (secondary N) is 1. The molecule has 0 spiro atoms. The van der Waals surface area contributed by atoms with E-state index in [1.165, 1.54) is 9.13 Å². The summed E-state index contributed by atoms with van der Waals surface area (Å²) in [6.45, 7) is 3.03. The molecule has 92 valence electrons. The van der Waals surface area contributed by atoms with Crippen molar-refractivity contribution >= 4 is 28.4 Å². The molecule has 3 nitrogen and oxygen atoms in total. The highest BCUT2D eigenvalue weighted by atomic mass is 127. The van der Waals surface area contributed by atoms with Crippen LogP contribution in [0.3, 0.4) is 0 Å². The first-order valence-electron chi connectivity index (χ1n) is 5.96. The second-order valence-electron chi connectivity index (χ2n) is 4.66. The summed E-state index contributed by atoms with van der Waals surface area (Å²) >= 11 is 2.32. The number of nitrogens with zero attached hydrogens (tertiary/aromatic N) is 1. The number of benzene rings is 1. The van der Waals surface area contributed by atoms with Crippen LogP contribution in [0.5, 0.6) is 0 Å². The Morgan fingerprint density at radius 1 is 1.41 bits per heavy atom. The van der Waals surface area contributed by atoms with Crippen molar-refractivity contribution in [1.29, 1.82) is 5.41 Å². The van der Waals surface area contributed by atoms with Gasteiger partial charge in [0.1, 0.15) is 0 Å². The molecule has 2 rings (SSSR count). The number of hydrogen-bond acceptors (Lipinski definition) is 2. The molecule has 3 N–H and O–H groups in total. The summed E-state index contributed by atoms with van der Waals surface area (Å²) in [6, 6.07) is 8.64. The van der Waals surface area contributed by atoms with E-state index in [9.17, 15) is 0 Å². The Hall–Kier alpha value is -0.620. The molecule has 1 aliphatic rings. The van der Waals surface area contributed by atoms with Gasteiger partial charge in [0.25, 0.3) is 0 Å². The molecule has 0 aliphatic carbocycles. The molecule has 0 radical (unpaired) electrons. The van der Waals surface area contributed by atoms with Crippen molar-refractivity contribution in [1.82, 2.24) is 4.90 Å². The lowest BCUT2D eigenvalue weighted by atomic mass is 9.97. The Bertz CT molecular complexity index is 388. The average Bonchev–Trinajstić information content (AvgIpc) is 2.32. The van der Waals surface area contributed by atoms with Gasteiger partial charge in [0.15, 0.2) is 0 Å². The Labute approximate surface area is 116 Å². The van der Waals surface area contributed by atoms with Gasteiger partial charge in [-0.05, 0) is 59.7 Å². The van der Waals surface area contributed by atoms with E-state index in [1.54, 1.807) is 0 Å². The molecule has 17 heavy (non-hydrogen) atoms. The third-order valence-corrected chi connectivity index (χ3v) is 3.98. The van der Waals surface area contributed by atoms with E-state index in [0.717, 1.165) is 32.5 Å². The minimum atomic E-state index is 0.257. The van der Waals surface area contributed by atoms with Gasteiger partial charge < -0.3 is 5.73 Å². The molecule has 1 atom stereocenters. The van der Waals surface area contributed by atoms with Crippen LogP contribution in [0.25, 0.3) is 0 Å². The summed E-state index contributed by atoms with van der Waals surface area (Å²) in [5, 5.41) is 7.54. The van der Waals surface area contributed by atoms with Crippen LogP contribution in [-0.2, 0) is 6.54 Å². The summed E-state index contributed by atoms with van der Waals surface area (Å²) in [4.78, 5) is 2.40. The first-order chi connectivity index (χ1) is 8.15. The largest absolute Gasteiger partial charge is 0.387 e. The van der Waals surface area contributed by atoms with Crippen molar-refractivity contribution in [3.63, 3.8) is 0 Å². The summed E-state index contributed by atoms with van der Waals surface area (Å²) in [5.74, 6) is 0.602. The summed E-state index contributed by atoms with van der Waals surface area (Å²) in [7, 11) is 0. The third-order valence-electron chi connectivity index (χ3n) is 3.26. The van der Waals surface area contributed by atoms with Gasteiger partial charge in [-0.3, -0.25) is 10.3 Å². The number of likely N-dealkylation sites (tertiary alicyclic amines) is 1. The van der Waals surface area contributed by atoms with Crippen molar-refractivity contribution in [2.24, 2.45) is 11.7 Å². The average molecular weight is 343 g/mol. The maximum absolute atomic E-state index is 7.54. The molecule has 0 aromatic heterocycles. The number of hydrogen-bond donors (Lipinski definition) is 2. The number of piperidine rings is 1. The molecular weight excluding hydrogens is 325 g/mol. The van der Waals surface area contributed by atoms with Crippen LogP contribution < -0.4 is 5.73 Å². The van der Waals surface area contributed by atoms with Crippen molar-refractivity contribution in [3.8, 4) is 0 Å². The second kappa shape index (κ2) is 5.82. The van der Waals surface area contributed by atoms with Crippen LogP contribution in [0.2, 0.25) is 0 Å². The Kier molecular flexibility index (Phi) is 4.39. The van der Waals surface area contributed by atoms with E-state index in [0.29, 0.717) is 5.84 Å². The number of rotatable bonds is 3. The number of halogens is 1. The van der Waals surface area contributed by atoms with Gasteiger partial charge in [-0.2, -0.15) is 0 Å². The summed E-state index contributed by atoms with van der Waals surface area (Å²) < 4.78 is 1.27. The standard InChI is InChI=1S/C13H18IN3/c14-12-5-3-10(4-6-12)8-17-7-1-2-11(9-17)13(15)16/h3-6,11H,1-2,7-9H2,(H3,15,16). The predicted octanol–water partition coefficient (Wildman–Crippen LogP) is 2.44. The fourth-order valence-electron chi connectivity index (χ4n) is 2.30. The number of amidine groups is 1. The zero-order valence-electron chi connectivity index (χ0n) is 9.82. The minimum Gasteiger partial charge on any atom is -0.387 e. The van der Waals surface area contributed by atoms with E-state index >= 15 is 0 Å². The van der Waals surface area contributed by atoms with Gasteiger partial charge in [0.2, 0.25) is 0 Å². The fourth-order valence-corrected chi connectivity index (χ4v) is 2.66. The van der Waals surface area contributed by atoms with Crippen molar-refractivity contribution in [3.05, 3.63) is 33.4 Å². The van der Waals surface area contributed by atoms with Gasteiger partial charge in [0.05, 0.1) is 5.84 Å². The van der Waals surface area contributed by atoms with Crippen molar-refractivity contribution < 1.29 is 0 Å². The molecule has 1 fully saturated rings. The van der Waals surface area contributed by atoms with Gasteiger partial charge in [-0.1, -0.05) is 12.1 Å². The molecule has 1 aromatic rings. The molecule has 0 saturated carbocycles. The van der Waals surface area contributed by atoms with Crippen LogP contribution in [0.15, 0.2) is 24.3 Å². The summed E-state index contributed by atoms with van der Waals surface area (Å²) in [6.07, 6.45) is 2.22. The molecule has 1 aromatic carbocycles. The number of nitrogens with two attached hydrogens (primary N) is 1. The first kappa shape index (κ1) is 12.8. The Balaban J connectivity index is 1.94. The Morgan fingerprint density at radius 2 is 2.12 bits per heavy atom. The molecular formula is C13H18IN3.